The molecule has 0 unspecified atom stereocenters. The lowest BCUT2D eigenvalue weighted by Gasteiger charge is -2.24. The van der Waals surface area contributed by atoms with Crippen molar-refractivity contribution in [3.8, 4) is 0 Å². The van der Waals surface area contributed by atoms with Crippen molar-refractivity contribution in [3.05, 3.63) is 0 Å². The summed E-state index contributed by atoms with van der Waals surface area (Å²) in [7, 11) is -1.53. The van der Waals surface area contributed by atoms with Crippen LogP contribution >= 0.6 is 0 Å². The van der Waals surface area contributed by atoms with Crippen molar-refractivity contribution in [1.82, 2.24) is 8.61 Å². The van der Waals surface area contributed by atoms with Gasteiger partial charge in [-0.2, -0.15) is 30.2 Å². The Morgan fingerprint density at radius 3 is 2.00 bits per heavy atom. The van der Waals surface area contributed by atoms with E-state index in [1.807, 2.05) is 0 Å². The number of alkyl halides is 3. The van der Waals surface area contributed by atoms with Gasteiger partial charge >= 0.3 is 6.18 Å². The highest BCUT2D eigenvalue weighted by molar-refractivity contribution is 7.86. The minimum absolute atomic E-state index is 0.0647. The van der Waals surface area contributed by atoms with Crippen LogP contribution in [0.5, 0.6) is 0 Å². The van der Waals surface area contributed by atoms with E-state index in [1.54, 1.807) is 0 Å². The molecule has 0 amide bonds. The molecule has 0 atom stereocenters. The van der Waals surface area contributed by atoms with Gasteiger partial charge in [0.15, 0.2) is 0 Å². The molecular weight excluding hydrogens is 261 g/mol. The molecule has 0 rings (SSSR count). The molecule has 0 radical (unpaired) electrons. The first-order valence-corrected chi connectivity index (χ1v) is 6.36. The summed E-state index contributed by atoms with van der Waals surface area (Å²) in [6.45, 7) is -0.726. The zero-order valence-corrected chi connectivity index (χ0v) is 10.6. The van der Waals surface area contributed by atoms with Crippen molar-refractivity contribution in [2.75, 3.05) is 33.8 Å². The second-order valence-electron chi connectivity index (χ2n) is 3.59. The highest BCUT2D eigenvalue weighted by Gasteiger charge is 2.31. The van der Waals surface area contributed by atoms with Crippen molar-refractivity contribution in [2.45, 2.75) is 19.0 Å². The Morgan fingerprint density at radius 2 is 1.59 bits per heavy atom. The minimum atomic E-state index is -4.38. The largest absolute Gasteiger partial charge is 0.396 e. The normalized spacial score (nSPS) is 13.6. The standard InChI is InChI=1S/C8H17F3N2O3S/c1-12(5-3-7-14)17(15,16)13(2)6-4-8(9,10)11/h14H,3-7H2,1-2H3. The van der Waals surface area contributed by atoms with Gasteiger partial charge in [-0.25, -0.2) is 0 Å². The zero-order valence-electron chi connectivity index (χ0n) is 9.74. The summed E-state index contributed by atoms with van der Waals surface area (Å²) in [6.07, 6.45) is -5.33. The minimum Gasteiger partial charge on any atom is -0.396 e. The molecule has 0 aliphatic rings. The molecule has 0 bridgehead atoms. The highest BCUT2D eigenvalue weighted by atomic mass is 32.2. The number of hydrogen-bond donors (Lipinski definition) is 1. The predicted molar refractivity (Wildman–Crippen MR) is 56.6 cm³/mol. The average Bonchev–Trinajstić information content (AvgIpc) is 2.21. The van der Waals surface area contributed by atoms with Crippen LogP contribution in [0.3, 0.4) is 0 Å². The Labute approximate surface area is 99.0 Å². The van der Waals surface area contributed by atoms with Crippen molar-refractivity contribution < 1.29 is 26.7 Å². The quantitative estimate of drug-likeness (QED) is 0.734. The van der Waals surface area contributed by atoms with E-state index in [0.29, 0.717) is 4.31 Å². The first-order valence-electron chi connectivity index (χ1n) is 4.96. The Morgan fingerprint density at radius 1 is 1.12 bits per heavy atom. The van der Waals surface area contributed by atoms with Crippen LogP contribution in [0.15, 0.2) is 0 Å². The van der Waals surface area contributed by atoms with E-state index in [2.05, 4.69) is 0 Å². The molecule has 104 valence electrons. The molecule has 0 spiro atoms. The molecule has 17 heavy (non-hydrogen) atoms. The average molecular weight is 278 g/mol. The fraction of sp³-hybridized carbons (Fsp3) is 1.00. The number of aliphatic hydroxyl groups is 1. The summed E-state index contributed by atoms with van der Waals surface area (Å²) in [4.78, 5) is 0. The maximum atomic E-state index is 11.9. The Kier molecular flexibility index (Phi) is 6.38. The number of halogens is 3. The molecule has 9 heteroatoms. The van der Waals surface area contributed by atoms with Crippen LogP contribution in [0, 0.1) is 0 Å². The second-order valence-corrected chi connectivity index (χ2v) is 5.74. The molecule has 0 aromatic heterocycles. The van der Waals surface area contributed by atoms with Gasteiger partial charge in [-0.15, -0.1) is 0 Å². The van der Waals surface area contributed by atoms with E-state index in [4.69, 9.17) is 5.11 Å². The fourth-order valence-electron chi connectivity index (χ4n) is 1.05. The van der Waals surface area contributed by atoms with Crippen molar-refractivity contribution in [1.29, 1.82) is 0 Å². The van der Waals surface area contributed by atoms with E-state index in [1.165, 1.54) is 7.05 Å². The highest BCUT2D eigenvalue weighted by Crippen LogP contribution is 2.20. The van der Waals surface area contributed by atoms with E-state index in [0.717, 1.165) is 11.4 Å². The Balaban J connectivity index is 4.39. The molecular formula is C8H17F3N2O3S. The molecule has 5 nitrogen and oxygen atoms in total. The van der Waals surface area contributed by atoms with Gasteiger partial charge in [0.05, 0.1) is 6.42 Å². The summed E-state index contributed by atoms with van der Waals surface area (Å²) in [5, 5.41) is 8.55. The second kappa shape index (κ2) is 6.53. The molecule has 0 aliphatic carbocycles. The third-order valence-corrected chi connectivity index (χ3v) is 4.07. The molecule has 0 saturated heterocycles. The molecule has 0 heterocycles. The molecule has 1 N–H and O–H groups in total. The Hall–Kier alpha value is -0.380. The van der Waals surface area contributed by atoms with Crippen LogP contribution in [0.1, 0.15) is 12.8 Å². The molecule has 0 aromatic carbocycles. The molecule has 0 aromatic rings. The van der Waals surface area contributed by atoms with Crippen molar-refractivity contribution >= 4 is 10.2 Å². The topological polar surface area (TPSA) is 60.9 Å². The van der Waals surface area contributed by atoms with E-state index >= 15 is 0 Å². The van der Waals surface area contributed by atoms with E-state index in [-0.39, 0.29) is 19.6 Å². The summed E-state index contributed by atoms with van der Waals surface area (Å²) in [5.41, 5.74) is 0. The Bertz CT molecular complexity index is 318. The van der Waals surface area contributed by atoms with Crippen LogP contribution in [0.2, 0.25) is 0 Å². The smallest absolute Gasteiger partial charge is 0.390 e. The van der Waals surface area contributed by atoms with Gasteiger partial charge in [0.25, 0.3) is 10.2 Å². The van der Waals surface area contributed by atoms with Gasteiger partial charge in [0.2, 0.25) is 0 Å². The van der Waals surface area contributed by atoms with Gasteiger partial charge < -0.3 is 5.11 Å². The van der Waals surface area contributed by atoms with Gasteiger partial charge in [-0.3, -0.25) is 0 Å². The van der Waals surface area contributed by atoms with Crippen LogP contribution < -0.4 is 0 Å². The molecule has 0 aliphatic heterocycles. The zero-order chi connectivity index (χ0) is 13.7. The molecule has 0 fully saturated rings. The van der Waals surface area contributed by atoms with Gasteiger partial charge in [0, 0.05) is 33.8 Å². The predicted octanol–water partition coefficient (Wildman–Crippen LogP) is 0.430. The van der Waals surface area contributed by atoms with Crippen LogP contribution in [-0.4, -0.2) is 62.1 Å². The lowest BCUT2D eigenvalue weighted by atomic mass is 10.4. The number of rotatable bonds is 7. The summed E-state index contributed by atoms with van der Waals surface area (Å²) < 4.78 is 60.7. The summed E-state index contributed by atoms with van der Waals surface area (Å²) in [5.74, 6) is 0. The van der Waals surface area contributed by atoms with Crippen molar-refractivity contribution in [3.63, 3.8) is 0 Å². The lowest BCUT2D eigenvalue weighted by Crippen LogP contribution is -2.41. The maximum Gasteiger partial charge on any atom is 0.390 e. The summed E-state index contributed by atoms with van der Waals surface area (Å²) >= 11 is 0. The first-order chi connectivity index (χ1) is 7.61. The maximum absolute atomic E-state index is 11.9. The number of nitrogens with zero attached hydrogens (tertiary/aromatic N) is 2. The third kappa shape index (κ3) is 6.20. The number of hydrogen-bond acceptors (Lipinski definition) is 3. The van der Waals surface area contributed by atoms with E-state index < -0.39 is 29.4 Å². The van der Waals surface area contributed by atoms with E-state index in [9.17, 15) is 21.6 Å². The third-order valence-electron chi connectivity index (χ3n) is 2.13. The van der Waals surface area contributed by atoms with Crippen LogP contribution in [-0.2, 0) is 10.2 Å². The number of aliphatic hydroxyl groups excluding tert-OH is 1. The van der Waals surface area contributed by atoms with Gasteiger partial charge in [-0.05, 0) is 6.42 Å². The summed E-state index contributed by atoms with van der Waals surface area (Å²) in [6, 6.07) is 0. The van der Waals surface area contributed by atoms with Crippen LogP contribution in [0.4, 0.5) is 13.2 Å². The SMILES string of the molecule is CN(CCCO)S(=O)(=O)N(C)CCC(F)(F)F. The molecule has 0 saturated carbocycles. The van der Waals surface area contributed by atoms with Crippen LogP contribution in [0.25, 0.3) is 0 Å². The fourth-order valence-corrected chi connectivity index (χ4v) is 2.20. The van der Waals surface area contributed by atoms with Gasteiger partial charge in [-0.1, -0.05) is 0 Å². The lowest BCUT2D eigenvalue weighted by molar-refractivity contribution is -0.135. The van der Waals surface area contributed by atoms with Gasteiger partial charge in [0.1, 0.15) is 0 Å². The monoisotopic (exact) mass is 278 g/mol. The first kappa shape index (κ1) is 16.6. The van der Waals surface area contributed by atoms with Crippen molar-refractivity contribution in [2.24, 2.45) is 0 Å².